The highest BCUT2D eigenvalue weighted by Crippen LogP contribution is 2.35. The zero-order chi connectivity index (χ0) is 37.5. The molecule has 3 aromatic carbocycles. The van der Waals surface area contributed by atoms with Gasteiger partial charge in [-0.15, -0.1) is 0 Å². The zero-order valence-corrected chi connectivity index (χ0v) is 28.1. The number of nitrogens with two attached hydrogens (primary N) is 1. The molecular weight excluding hydrogens is 677 g/mol. The molecule has 3 atom stereocenters. The van der Waals surface area contributed by atoms with E-state index in [0.717, 1.165) is 29.2 Å². The number of hydrogen-bond acceptors (Lipinski definition) is 9. The molecule has 1 saturated heterocycles. The number of phenolic OH excluding ortho intramolecular Hbond substituents is 1. The Balaban J connectivity index is 0.000000755. The summed E-state index contributed by atoms with van der Waals surface area (Å²) in [7, 11) is 2.13. The second-order valence-corrected chi connectivity index (χ2v) is 12.8. The lowest BCUT2D eigenvalue weighted by atomic mass is 10.0. The maximum Gasteiger partial charge on any atom is 0.430 e. The third-order valence-electron chi connectivity index (χ3n) is 8.26. The zero-order valence-electron chi connectivity index (χ0n) is 28.1. The molecule has 0 bridgehead atoms. The lowest BCUT2D eigenvalue weighted by Crippen LogP contribution is -2.56. The van der Waals surface area contributed by atoms with Gasteiger partial charge in [0.2, 0.25) is 12.7 Å². The Morgan fingerprint density at radius 2 is 1.63 bits per heavy atom. The molecule has 2 heterocycles. The van der Waals surface area contributed by atoms with Crippen LogP contribution in [0.3, 0.4) is 0 Å². The second kappa shape index (κ2) is 16.0. The molecule has 274 valence electrons. The number of likely N-dealkylation sites (N-methyl/N-ethyl adjacent to an activating group) is 1. The van der Waals surface area contributed by atoms with Crippen LogP contribution in [0.2, 0.25) is 0 Å². The van der Waals surface area contributed by atoms with Crippen molar-refractivity contribution >= 4 is 29.6 Å². The number of phenols is 1. The van der Waals surface area contributed by atoms with Crippen LogP contribution >= 0.6 is 0 Å². The number of aromatic hydroxyl groups is 1. The molecule has 2 aliphatic heterocycles. The summed E-state index contributed by atoms with van der Waals surface area (Å²) in [6.45, 7) is 5.83. The number of urea groups is 1. The summed E-state index contributed by atoms with van der Waals surface area (Å²) in [5, 5.41) is 21.4. The summed E-state index contributed by atoms with van der Waals surface area (Å²) in [4.78, 5) is 49.6. The molecule has 16 heteroatoms. The van der Waals surface area contributed by atoms with E-state index in [1.165, 1.54) is 0 Å². The van der Waals surface area contributed by atoms with E-state index in [1.807, 2.05) is 18.2 Å². The van der Waals surface area contributed by atoms with E-state index in [4.69, 9.17) is 29.8 Å². The fraction of sp³-hybridized carbons (Fsp3) is 0.371. The number of carboxylic acids is 1. The quantitative estimate of drug-likeness (QED) is 0.210. The number of likely N-dealkylation sites (tertiary alicyclic amines) is 1. The van der Waals surface area contributed by atoms with Crippen LogP contribution in [0.5, 0.6) is 17.2 Å². The number of alkyl halides is 3. The minimum absolute atomic E-state index is 0.104. The Labute approximate surface area is 291 Å². The first-order chi connectivity index (χ1) is 23.9. The Morgan fingerprint density at radius 1 is 1.02 bits per heavy atom. The molecule has 4 N–H and O–H groups in total. The lowest BCUT2D eigenvalue weighted by molar-refractivity contribution is -0.911. The third kappa shape index (κ3) is 10.5. The number of carboxylic acid groups (broad SMARTS) is 1. The summed E-state index contributed by atoms with van der Waals surface area (Å²) in [6.07, 6.45) is -4.60. The SMILES string of the molecule is CC(C)OC(=O)c1ccc(NC(=O)N([C@@H]2CC[N+](C)(Cc3ccc4c(c3)OCO4)C2)[C@@H](Cc2ccc(O)cc2)C(N)=O)cc1.O=C([O-])C(F)(F)F. The number of nitrogens with one attached hydrogen (secondary N) is 1. The van der Waals surface area contributed by atoms with Crippen LogP contribution in [-0.4, -0.2) is 89.7 Å². The second-order valence-electron chi connectivity index (χ2n) is 12.8. The van der Waals surface area contributed by atoms with Crippen LogP contribution < -0.4 is 25.6 Å². The van der Waals surface area contributed by atoms with Crippen molar-refractivity contribution in [3.05, 3.63) is 83.4 Å². The van der Waals surface area contributed by atoms with Gasteiger partial charge in [-0.3, -0.25) is 4.79 Å². The number of ether oxygens (including phenoxy) is 3. The Morgan fingerprint density at radius 3 is 2.22 bits per heavy atom. The molecule has 2 aliphatic rings. The van der Waals surface area contributed by atoms with Gasteiger partial charge >= 0.3 is 18.2 Å². The van der Waals surface area contributed by atoms with E-state index in [0.29, 0.717) is 35.2 Å². The number of quaternary nitrogens is 1. The van der Waals surface area contributed by atoms with E-state index >= 15 is 0 Å². The van der Waals surface area contributed by atoms with Gasteiger partial charge in [-0.25, -0.2) is 9.59 Å². The van der Waals surface area contributed by atoms with Crippen LogP contribution in [0.1, 0.15) is 41.8 Å². The summed E-state index contributed by atoms with van der Waals surface area (Å²) in [5.41, 5.74) is 8.63. The molecule has 0 spiro atoms. The van der Waals surface area contributed by atoms with Gasteiger partial charge in [-0.2, -0.15) is 13.2 Å². The lowest BCUT2D eigenvalue weighted by Gasteiger charge is -2.36. The van der Waals surface area contributed by atoms with Crippen LogP contribution in [0.4, 0.5) is 23.7 Å². The first kappa shape index (κ1) is 38.3. The predicted molar refractivity (Wildman–Crippen MR) is 174 cm³/mol. The number of amides is 3. The molecule has 3 aromatic rings. The minimum atomic E-state index is -5.19. The van der Waals surface area contributed by atoms with E-state index in [9.17, 15) is 32.7 Å². The highest BCUT2D eigenvalue weighted by Gasteiger charge is 2.44. The van der Waals surface area contributed by atoms with Gasteiger partial charge in [0.25, 0.3) is 0 Å². The van der Waals surface area contributed by atoms with Gasteiger partial charge < -0.3 is 49.7 Å². The fourth-order valence-electron chi connectivity index (χ4n) is 5.92. The van der Waals surface area contributed by atoms with E-state index in [1.54, 1.807) is 67.3 Å². The number of rotatable bonds is 10. The maximum absolute atomic E-state index is 14.0. The summed E-state index contributed by atoms with van der Waals surface area (Å²) >= 11 is 0. The molecule has 0 saturated carbocycles. The molecular formula is C35H39F3N4O9. The van der Waals surface area contributed by atoms with Crippen molar-refractivity contribution in [1.29, 1.82) is 0 Å². The Kier molecular flexibility index (Phi) is 12.0. The number of halogens is 3. The molecule has 0 aromatic heterocycles. The number of primary amides is 1. The highest BCUT2D eigenvalue weighted by molar-refractivity contribution is 5.95. The molecule has 1 fully saturated rings. The van der Waals surface area contributed by atoms with Gasteiger partial charge in [-0.05, 0) is 74.0 Å². The smallest absolute Gasteiger partial charge is 0.430 e. The average molecular weight is 717 g/mol. The molecule has 13 nitrogen and oxygen atoms in total. The van der Waals surface area contributed by atoms with Crippen molar-refractivity contribution < 1.29 is 61.3 Å². The summed E-state index contributed by atoms with van der Waals surface area (Å²) in [5.74, 6) is -2.54. The van der Waals surface area contributed by atoms with Gasteiger partial charge in [0.1, 0.15) is 24.3 Å². The average Bonchev–Trinajstić information content (AvgIpc) is 3.67. The van der Waals surface area contributed by atoms with Gasteiger partial charge in [0.15, 0.2) is 11.5 Å². The number of hydrogen-bond donors (Lipinski definition) is 3. The van der Waals surface area contributed by atoms with Gasteiger partial charge in [0.05, 0.1) is 37.8 Å². The van der Waals surface area contributed by atoms with Crippen molar-refractivity contribution in [2.24, 2.45) is 5.73 Å². The highest BCUT2D eigenvalue weighted by atomic mass is 19.4. The number of esters is 1. The number of aliphatic carboxylic acids is 1. The van der Waals surface area contributed by atoms with Crippen molar-refractivity contribution in [3.63, 3.8) is 0 Å². The number of anilines is 1. The third-order valence-corrected chi connectivity index (χ3v) is 8.26. The number of benzene rings is 3. The van der Waals surface area contributed by atoms with Crippen LogP contribution in [0, 0.1) is 0 Å². The minimum Gasteiger partial charge on any atom is -0.542 e. The first-order valence-corrected chi connectivity index (χ1v) is 15.9. The molecule has 1 unspecified atom stereocenters. The molecule has 51 heavy (non-hydrogen) atoms. The molecule has 0 radical (unpaired) electrons. The first-order valence-electron chi connectivity index (χ1n) is 15.9. The van der Waals surface area contributed by atoms with Crippen molar-refractivity contribution in [1.82, 2.24) is 4.90 Å². The van der Waals surface area contributed by atoms with Crippen LogP contribution in [0.15, 0.2) is 66.7 Å². The van der Waals surface area contributed by atoms with Crippen molar-refractivity contribution in [2.75, 3.05) is 32.2 Å². The normalized spacial score (nSPS) is 18.3. The molecule has 3 amide bonds. The largest absolute Gasteiger partial charge is 0.542 e. The number of fused-ring (bicyclic) bond motifs is 1. The van der Waals surface area contributed by atoms with Crippen molar-refractivity contribution in [3.8, 4) is 17.2 Å². The van der Waals surface area contributed by atoms with E-state index in [2.05, 4.69) is 12.4 Å². The Hall–Kier alpha value is -5.51. The monoisotopic (exact) mass is 716 g/mol. The molecule has 5 rings (SSSR count). The molecule has 0 aliphatic carbocycles. The Bertz CT molecular complexity index is 1720. The van der Waals surface area contributed by atoms with Crippen molar-refractivity contribution in [2.45, 2.75) is 57.6 Å². The van der Waals surface area contributed by atoms with E-state index < -0.39 is 36.1 Å². The topological polar surface area (TPSA) is 181 Å². The van der Waals surface area contributed by atoms with Crippen LogP contribution in [-0.2, 0) is 27.3 Å². The van der Waals surface area contributed by atoms with E-state index in [-0.39, 0.29) is 31.1 Å². The number of nitrogens with zero attached hydrogens (tertiary/aromatic N) is 2. The predicted octanol–water partition coefficient (Wildman–Crippen LogP) is 3.33. The van der Waals surface area contributed by atoms with Crippen LogP contribution in [0.25, 0.3) is 0 Å². The summed E-state index contributed by atoms with van der Waals surface area (Å²) in [6, 6.07) is 17.1. The maximum atomic E-state index is 14.0. The fourth-order valence-corrected chi connectivity index (χ4v) is 5.92. The number of carbonyl (C=O) groups is 4. The number of carbonyl (C=O) groups excluding carboxylic acids is 4. The standard InChI is InChI=1S/C33H38N4O7.C2HF3O2/c1-21(2)44-32(40)24-7-9-25(10-8-24)35-33(41)36(28(31(34)39)16-22-4-11-27(38)12-5-22)26-14-15-37(3,19-26)18-23-6-13-29-30(17-23)43-20-42-29;3-2(4,5)1(6)7/h4-13,17,21,26,28H,14-16,18-20H2,1-3H3,(H3-,34,35,38,39,40,41);(H,6,7)/t26-,28+,37?;/m1./s1. The van der Waals surface area contributed by atoms with Gasteiger partial charge in [0, 0.05) is 24.1 Å². The summed E-state index contributed by atoms with van der Waals surface area (Å²) < 4.78 is 48.5. The van der Waals surface area contributed by atoms with Gasteiger partial charge in [-0.1, -0.05) is 12.1 Å².